The molecule has 1 saturated heterocycles. The Bertz CT molecular complexity index is 290. The van der Waals surface area contributed by atoms with Crippen molar-refractivity contribution in [2.75, 3.05) is 6.61 Å². The summed E-state index contributed by atoms with van der Waals surface area (Å²) in [5.74, 6) is 0.706. The summed E-state index contributed by atoms with van der Waals surface area (Å²) in [7, 11) is 0. The smallest absolute Gasteiger partial charge is 0.133 e. The Kier molecular flexibility index (Phi) is 2.47. The summed E-state index contributed by atoms with van der Waals surface area (Å²) in [6.07, 6.45) is 2.26. The lowest BCUT2D eigenvalue weighted by Gasteiger charge is -2.08. The highest BCUT2D eigenvalue weighted by molar-refractivity contribution is 6.29. The largest absolute Gasteiger partial charge is 0.372 e. The molecule has 0 saturated carbocycles. The van der Waals surface area contributed by atoms with E-state index in [4.69, 9.17) is 16.3 Å². The third kappa shape index (κ3) is 1.98. The van der Waals surface area contributed by atoms with E-state index in [2.05, 4.69) is 9.97 Å². The van der Waals surface area contributed by atoms with Crippen molar-refractivity contribution in [1.29, 1.82) is 0 Å². The van der Waals surface area contributed by atoms with E-state index in [0.29, 0.717) is 11.0 Å². The van der Waals surface area contributed by atoms with Crippen molar-refractivity contribution in [3.8, 4) is 0 Å². The molecule has 3 nitrogen and oxygen atoms in total. The van der Waals surface area contributed by atoms with Gasteiger partial charge in [0.1, 0.15) is 11.0 Å². The van der Waals surface area contributed by atoms with Crippen molar-refractivity contribution < 1.29 is 4.74 Å². The quantitative estimate of drug-likeness (QED) is 0.650. The lowest BCUT2D eigenvalue weighted by atomic mass is 10.2. The van der Waals surface area contributed by atoms with Gasteiger partial charge in [-0.15, -0.1) is 0 Å². The van der Waals surface area contributed by atoms with E-state index in [0.717, 1.165) is 25.1 Å². The molecule has 2 heterocycles. The highest BCUT2D eigenvalue weighted by Crippen LogP contribution is 2.27. The number of ether oxygens (including phenoxy) is 1. The van der Waals surface area contributed by atoms with Gasteiger partial charge in [0.25, 0.3) is 0 Å². The van der Waals surface area contributed by atoms with Crippen LogP contribution < -0.4 is 0 Å². The molecule has 0 unspecified atom stereocenters. The molecule has 0 bridgehead atoms. The Balaban J connectivity index is 2.28. The fourth-order valence-electron chi connectivity index (χ4n) is 1.53. The molecule has 0 spiro atoms. The average Bonchev–Trinajstić information content (AvgIpc) is 2.53. The van der Waals surface area contributed by atoms with Crippen LogP contribution in [0.15, 0.2) is 6.07 Å². The van der Waals surface area contributed by atoms with E-state index in [-0.39, 0.29) is 6.10 Å². The average molecular weight is 199 g/mol. The first-order valence-corrected chi connectivity index (χ1v) is 4.76. The van der Waals surface area contributed by atoms with Crippen LogP contribution >= 0.6 is 11.6 Å². The Morgan fingerprint density at radius 1 is 1.54 bits per heavy atom. The number of aryl methyl sites for hydroxylation is 1. The predicted molar refractivity (Wildman–Crippen MR) is 49.7 cm³/mol. The van der Waals surface area contributed by atoms with E-state index in [9.17, 15) is 0 Å². The van der Waals surface area contributed by atoms with Crippen LogP contribution in [-0.2, 0) is 4.74 Å². The van der Waals surface area contributed by atoms with E-state index in [1.54, 1.807) is 6.07 Å². The van der Waals surface area contributed by atoms with Crippen molar-refractivity contribution >= 4 is 11.6 Å². The van der Waals surface area contributed by atoms with Crippen LogP contribution in [0, 0.1) is 6.92 Å². The summed E-state index contributed by atoms with van der Waals surface area (Å²) in [5.41, 5.74) is 0.912. The zero-order valence-corrected chi connectivity index (χ0v) is 8.21. The first-order valence-electron chi connectivity index (χ1n) is 4.38. The monoisotopic (exact) mass is 198 g/mol. The molecule has 0 aliphatic carbocycles. The molecule has 1 fully saturated rings. The molecule has 70 valence electrons. The Labute approximate surface area is 82.1 Å². The molecule has 1 aromatic heterocycles. The number of halogens is 1. The van der Waals surface area contributed by atoms with Gasteiger partial charge in [-0.3, -0.25) is 0 Å². The lowest BCUT2D eigenvalue weighted by Crippen LogP contribution is -2.02. The fourth-order valence-corrected chi connectivity index (χ4v) is 1.76. The van der Waals surface area contributed by atoms with Crippen molar-refractivity contribution in [3.05, 3.63) is 22.7 Å². The SMILES string of the molecule is Cc1nc(Cl)cc([C@H]2CCCO2)n1. The Morgan fingerprint density at radius 3 is 3.00 bits per heavy atom. The van der Waals surface area contributed by atoms with Gasteiger partial charge in [0.15, 0.2) is 0 Å². The predicted octanol–water partition coefficient (Wildman–Crippen LogP) is 2.29. The molecule has 1 atom stereocenters. The molecule has 1 aromatic rings. The molecule has 0 radical (unpaired) electrons. The number of hydrogen-bond acceptors (Lipinski definition) is 3. The van der Waals surface area contributed by atoms with Crippen molar-refractivity contribution in [1.82, 2.24) is 9.97 Å². The first kappa shape index (κ1) is 8.91. The van der Waals surface area contributed by atoms with E-state index < -0.39 is 0 Å². The molecule has 0 amide bonds. The molecule has 0 N–H and O–H groups in total. The minimum absolute atomic E-state index is 0.124. The standard InChI is InChI=1S/C9H11ClN2O/c1-6-11-7(5-9(10)12-6)8-3-2-4-13-8/h5,8H,2-4H2,1H3/t8-/m1/s1. The summed E-state index contributed by atoms with van der Waals surface area (Å²) in [4.78, 5) is 8.30. The summed E-state index contributed by atoms with van der Waals surface area (Å²) in [6.45, 7) is 2.66. The normalized spacial score (nSPS) is 22.2. The van der Waals surface area contributed by atoms with Crippen LogP contribution in [0.2, 0.25) is 5.15 Å². The van der Waals surface area contributed by atoms with Crippen LogP contribution in [0.3, 0.4) is 0 Å². The van der Waals surface area contributed by atoms with Crippen LogP contribution in [0.4, 0.5) is 0 Å². The van der Waals surface area contributed by atoms with Crippen LogP contribution in [0.1, 0.15) is 30.5 Å². The molecule has 4 heteroatoms. The fraction of sp³-hybridized carbons (Fsp3) is 0.556. The van der Waals surface area contributed by atoms with Crippen molar-refractivity contribution in [2.24, 2.45) is 0 Å². The highest BCUT2D eigenvalue weighted by Gasteiger charge is 2.19. The van der Waals surface area contributed by atoms with Gasteiger partial charge in [0.2, 0.25) is 0 Å². The molecule has 1 aliphatic rings. The molecule has 0 aromatic carbocycles. The molecule has 1 aliphatic heterocycles. The summed E-state index contributed by atoms with van der Waals surface area (Å²) < 4.78 is 5.50. The second kappa shape index (κ2) is 3.60. The number of aromatic nitrogens is 2. The van der Waals surface area contributed by atoms with Gasteiger partial charge in [0, 0.05) is 6.61 Å². The van der Waals surface area contributed by atoms with Gasteiger partial charge in [0.05, 0.1) is 11.8 Å². The van der Waals surface area contributed by atoms with E-state index in [1.807, 2.05) is 6.92 Å². The van der Waals surface area contributed by atoms with Gasteiger partial charge in [-0.1, -0.05) is 11.6 Å². The number of nitrogens with zero attached hydrogens (tertiary/aromatic N) is 2. The van der Waals surface area contributed by atoms with Crippen LogP contribution in [-0.4, -0.2) is 16.6 Å². The molecular formula is C9H11ClN2O. The molecular weight excluding hydrogens is 188 g/mol. The Hall–Kier alpha value is -0.670. The number of rotatable bonds is 1. The maximum absolute atomic E-state index is 5.82. The zero-order chi connectivity index (χ0) is 9.26. The van der Waals surface area contributed by atoms with Gasteiger partial charge in [-0.05, 0) is 25.8 Å². The van der Waals surface area contributed by atoms with Gasteiger partial charge >= 0.3 is 0 Å². The second-order valence-electron chi connectivity index (χ2n) is 3.16. The maximum Gasteiger partial charge on any atom is 0.133 e. The maximum atomic E-state index is 5.82. The third-order valence-corrected chi connectivity index (χ3v) is 2.28. The summed E-state index contributed by atoms with van der Waals surface area (Å²) in [5, 5.41) is 0.498. The van der Waals surface area contributed by atoms with Gasteiger partial charge in [-0.25, -0.2) is 9.97 Å². The number of hydrogen-bond donors (Lipinski definition) is 0. The lowest BCUT2D eigenvalue weighted by molar-refractivity contribution is 0.108. The third-order valence-electron chi connectivity index (χ3n) is 2.09. The van der Waals surface area contributed by atoms with Crippen LogP contribution in [0.25, 0.3) is 0 Å². The van der Waals surface area contributed by atoms with Crippen molar-refractivity contribution in [2.45, 2.75) is 25.9 Å². The summed E-state index contributed by atoms with van der Waals surface area (Å²) >= 11 is 5.82. The first-order chi connectivity index (χ1) is 6.25. The van der Waals surface area contributed by atoms with E-state index >= 15 is 0 Å². The van der Waals surface area contributed by atoms with Crippen LogP contribution in [0.5, 0.6) is 0 Å². The summed E-state index contributed by atoms with van der Waals surface area (Å²) in [6, 6.07) is 1.78. The van der Waals surface area contributed by atoms with Crippen molar-refractivity contribution in [3.63, 3.8) is 0 Å². The Morgan fingerprint density at radius 2 is 2.38 bits per heavy atom. The molecule has 13 heavy (non-hydrogen) atoms. The van der Waals surface area contributed by atoms with Gasteiger partial charge < -0.3 is 4.74 Å². The second-order valence-corrected chi connectivity index (χ2v) is 3.55. The molecule has 2 rings (SSSR count). The minimum Gasteiger partial charge on any atom is -0.372 e. The van der Waals surface area contributed by atoms with Gasteiger partial charge in [-0.2, -0.15) is 0 Å². The minimum atomic E-state index is 0.124. The van der Waals surface area contributed by atoms with E-state index in [1.165, 1.54) is 0 Å². The highest BCUT2D eigenvalue weighted by atomic mass is 35.5. The zero-order valence-electron chi connectivity index (χ0n) is 7.46. The topological polar surface area (TPSA) is 35.0 Å².